The molecule has 0 aromatic heterocycles. The Hall–Kier alpha value is -1.92. The number of carbonyl (C=O) groups excluding carboxylic acids is 2. The molecule has 3 amide bonds. The highest BCUT2D eigenvalue weighted by Crippen LogP contribution is 2.31. The van der Waals surface area contributed by atoms with Crippen molar-refractivity contribution in [2.45, 2.75) is 24.9 Å². The first-order chi connectivity index (χ1) is 9.66. The standard InChI is InChI=1S/C14H17N3O3/c15-9-10-1-3-11(4-2-10)17-12(18)14(16-13(17)19)5-7-20-8-6-14/h1-4H,5-9,15H2,(H,16,19). The summed E-state index contributed by atoms with van der Waals surface area (Å²) < 4.78 is 5.28. The molecule has 0 aliphatic carbocycles. The second-order valence-corrected chi connectivity index (χ2v) is 5.14. The highest BCUT2D eigenvalue weighted by Gasteiger charge is 2.52. The van der Waals surface area contributed by atoms with E-state index in [1.807, 2.05) is 12.1 Å². The molecule has 1 aromatic carbocycles. The molecule has 106 valence electrons. The average molecular weight is 275 g/mol. The summed E-state index contributed by atoms with van der Waals surface area (Å²) in [5, 5.41) is 2.83. The lowest BCUT2D eigenvalue weighted by Gasteiger charge is -2.30. The number of urea groups is 1. The minimum absolute atomic E-state index is 0.189. The molecule has 6 heteroatoms. The van der Waals surface area contributed by atoms with E-state index in [2.05, 4.69) is 5.32 Å². The maximum absolute atomic E-state index is 12.6. The van der Waals surface area contributed by atoms with Crippen LogP contribution in [0, 0.1) is 0 Å². The number of rotatable bonds is 2. The number of anilines is 1. The van der Waals surface area contributed by atoms with Gasteiger partial charge in [-0.25, -0.2) is 9.69 Å². The van der Waals surface area contributed by atoms with Gasteiger partial charge in [0.25, 0.3) is 5.91 Å². The van der Waals surface area contributed by atoms with Crippen molar-refractivity contribution < 1.29 is 14.3 Å². The number of hydrogen-bond donors (Lipinski definition) is 2. The second-order valence-electron chi connectivity index (χ2n) is 5.14. The van der Waals surface area contributed by atoms with Gasteiger partial charge in [-0.3, -0.25) is 4.79 Å². The first kappa shape index (κ1) is 13.1. The Kier molecular flexibility index (Phi) is 3.19. The van der Waals surface area contributed by atoms with Crippen LogP contribution in [-0.2, 0) is 16.1 Å². The van der Waals surface area contributed by atoms with Crippen molar-refractivity contribution >= 4 is 17.6 Å². The summed E-state index contributed by atoms with van der Waals surface area (Å²) in [6, 6.07) is 6.78. The van der Waals surface area contributed by atoms with E-state index < -0.39 is 5.54 Å². The fourth-order valence-corrected chi connectivity index (χ4v) is 2.69. The molecule has 0 atom stereocenters. The lowest BCUT2D eigenvalue weighted by atomic mass is 9.90. The molecule has 2 fully saturated rings. The predicted molar refractivity (Wildman–Crippen MR) is 73.1 cm³/mol. The van der Waals surface area contributed by atoms with Crippen molar-refractivity contribution in [2.75, 3.05) is 18.1 Å². The normalized spacial score (nSPS) is 21.4. The minimum atomic E-state index is -0.790. The molecule has 3 rings (SSSR count). The van der Waals surface area contributed by atoms with Gasteiger partial charge in [-0.1, -0.05) is 12.1 Å². The van der Waals surface area contributed by atoms with Gasteiger partial charge >= 0.3 is 6.03 Å². The van der Waals surface area contributed by atoms with Crippen LogP contribution in [0.15, 0.2) is 24.3 Å². The highest BCUT2D eigenvalue weighted by atomic mass is 16.5. The van der Waals surface area contributed by atoms with Gasteiger partial charge in [0.05, 0.1) is 5.69 Å². The molecular weight excluding hydrogens is 258 g/mol. The van der Waals surface area contributed by atoms with E-state index >= 15 is 0 Å². The van der Waals surface area contributed by atoms with Crippen LogP contribution in [0.2, 0.25) is 0 Å². The van der Waals surface area contributed by atoms with Crippen molar-refractivity contribution in [3.8, 4) is 0 Å². The average Bonchev–Trinajstić information content (AvgIpc) is 2.71. The number of nitrogens with zero attached hydrogens (tertiary/aromatic N) is 1. The summed E-state index contributed by atoms with van der Waals surface area (Å²) in [6.45, 7) is 1.42. The van der Waals surface area contributed by atoms with Crippen LogP contribution in [0.5, 0.6) is 0 Å². The Balaban J connectivity index is 1.89. The summed E-state index contributed by atoms with van der Waals surface area (Å²) in [4.78, 5) is 26.0. The predicted octanol–water partition coefficient (Wildman–Crippen LogP) is 0.751. The van der Waals surface area contributed by atoms with Gasteiger partial charge in [0, 0.05) is 32.6 Å². The van der Waals surface area contributed by atoms with Crippen LogP contribution in [0.1, 0.15) is 18.4 Å². The number of nitrogens with one attached hydrogen (secondary N) is 1. The van der Waals surface area contributed by atoms with Gasteiger partial charge < -0.3 is 15.8 Å². The van der Waals surface area contributed by atoms with Gasteiger partial charge in [0.1, 0.15) is 5.54 Å². The number of nitrogens with two attached hydrogens (primary N) is 1. The zero-order valence-electron chi connectivity index (χ0n) is 11.1. The van der Waals surface area contributed by atoms with Gasteiger partial charge in [-0.05, 0) is 17.7 Å². The molecule has 1 aromatic rings. The van der Waals surface area contributed by atoms with Crippen molar-refractivity contribution in [2.24, 2.45) is 5.73 Å². The molecule has 2 aliphatic heterocycles. The summed E-state index contributed by atoms with van der Waals surface area (Å²) in [5.41, 5.74) is 6.29. The van der Waals surface area contributed by atoms with E-state index in [0.717, 1.165) is 5.56 Å². The zero-order valence-corrected chi connectivity index (χ0v) is 11.1. The molecule has 2 heterocycles. The maximum Gasteiger partial charge on any atom is 0.329 e. The number of ether oxygens (including phenoxy) is 1. The van der Waals surface area contributed by atoms with Crippen molar-refractivity contribution in [1.29, 1.82) is 0 Å². The van der Waals surface area contributed by atoms with Crippen LogP contribution in [0.4, 0.5) is 10.5 Å². The quantitative estimate of drug-likeness (QED) is 0.780. The van der Waals surface area contributed by atoms with Gasteiger partial charge in [0.2, 0.25) is 0 Å². The number of benzene rings is 1. The Morgan fingerprint density at radius 3 is 2.45 bits per heavy atom. The van der Waals surface area contributed by atoms with Crippen molar-refractivity contribution in [3.63, 3.8) is 0 Å². The molecule has 6 nitrogen and oxygen atoms in total. The molecule has 0 unspecified atom stereocenters. The summed E-state index contributed by atoms with van der Waals surface area (Å²) in [5.74, 6) is -0.189. The molecule has 1 spiro atoms. The van der Waals surface area contributed by atoms with Crippen LogP contribution in [0.25, 0.3) is 0 Å². The van der Waals surface area contributed by atoms with Gasteiger partial charge in [-0.15, -0.1) is 0 Å². The molecule has 0 bridgehead atoms. The highest BCUT2D eigenvalue weighted by molar-refractivity contribution is 6.23. The second kappa shape index (κ2) is 4.88. The molecule has 2 saturated heterocycles. The Morgan fingerprint density at radius 2 is 1.85 bits per heavy atom. The molecule has 3 N–H and O–H groups in total. The maximum atomic E-state index is 12.6. The SMILES string of the molecule is NCc1ccc(N2C(=O)NC3(CCOCC3)C2=O)cc1. The van der Waals surface area contributed by atoms with E-state index in [-0.39, 0.29) is 11.9 Å². The summed E-state index contributed by atoms with van der Waals surface area (Å²) in [6.07, 6.45) is 1.05. The smallest absolute Gasteiger partial charge is 0.329 e. The monoisotopic (exact) mass is 275 g/mol. The number of carbonyl (C=O) groups is 2. The molecule has 20 heavy (non-hydrogen) atoms. The Bertz CT molecular complexity index is 535. The number of hydrogen-bond acceptors (Lipinski definition) is 4. The fraction of sp³-hybridized carbons (Fsp3) is 0.429. The third-order valence-electron chi connectivity index (χ3n) is 3.94. The molecule has 2 aliphatic rings. The molecule has 0 radical (unpaired) electrons. The van der Waals surface area contributed by atoms with E-state index in [0.29, 0.717) is 38.3 Å². The van der Waals surface area contributed by atoms with Gasteiger partial charge in [-0.2, -0.15) is 0 Å². The first-order valence-corrected chi connectivity index (χ1v) is 6.70. The Morgan fingerprint density at radius 1 is 1.20 bits per heavy atom. The molecular formula is C14H17N3O3. The largest absolute Gasteiger partial charge is 0.381 e. The summed E-state index contributed by atoms with van der Waals surface area (Å²) in [7, 11) is 0. The first-order valence-electron chi connectivity index (χ1n) is 6.70. The van der Waals surface area contributed by atoms with Gasteiger partial charge in [0.15, 0.2) is 0 Å². The van der Waals surface area contributed by atoms with Crippen LogP contribution >= 0.6 is 0 Å². The lowest BCUT2D eigenvalue weighted by Crippen LogP contribution is -2.51. The zero-order chi connectivity index (χ0) is 14.2. The summed E-state index contributed by atoms with van der Waals surface area (Å²) >= 11 is 0. The van der Waals surface area contributed by atoms with Crippen LogP contribution < -0.4 is 16.0 Å². The topological polar surface area (TPSA) is 84.7 Å². The fourth-order valence-electron chi connectivity index (χ4n) is 2.69. The lowest BCUT2D eigenvalue weighted by molar-refractivity contribution is -0.125. The van der Waals surface area contributed by atoms with Crippen molar-refractivity contribution in [3.05, 3.63) is 29.8 Å². The van der Waals surface area contributed by atoms with E-state index in [1.54, 1.807) is 12.1 Å². The van der Waals surface area contributed by atoms with Crippen LogP contribution in [0.3, 0.4) is 0 Å². The number of amides is 3. The molecule has 0 saturated carbocycles. The van der Waals surface area contributed by atoms with Crippen LogP contribution in [-0.4, -0.2) is 30.7 Å². The van der Waals surface area contributed by atoms with E-state index in [9.17, 15) is 9.59 Å². The Labute approximate surface area is 116 Å². The third-order valence-corrected chi connectivity index (χ3v) is 3.94. The minimum Gasteiger partial charge on any atom is -0.381 e. The van der Waals surface area contributed by atoms with E-state index in [1.165, 1.54) is 4.90 Å². The van der Waals surface area contributed by atoms with E-state index in [4.69, 9.17) is 10.5 Å². The van der Waals surface area contributed by atoms with Crippen molar-refractivity contribution in [1.82, 2.24) is 5.32 Å². The number of imide groups is 1. The third kappa shape index (κ3) is 1.97.